The molecule has 0 saturated carbocycles. The molecule has 26 heavy (non-hydrogen) atoms. The molecule has 0 spiro atoms. The van der Waals surface area contributed by atoms with Crippen LogP contribution in [0.25, 0.3) is 16.7 Å². The highest BCUT2D eigenvalue weighted by Crippen LogP contribution is 2.22. The van der Waals surface area contributed by atoms with Gasteiger partial charge in [0.25, 0.3) is 0 Å². The van der Waals surface area contributed by atoms with Crippen LogP contribution in [-0.2, 0) is 16.6 Å². The number of hydrogen-bond donors (Lipinski definition) is 1. The van der Waals surface area contributed by atoms with E-state index in [2.05, 4.69) is 15.0 Å². The summed E-state index contributed by atoms with van der Waals surface area (Å²) in [5.74, 6) is 1.03. The lowest BCUT2D eigenvalue weighted by Crippen LogP contribution is -2.03. The topological polar surface area (TPSA) is 72.8 Å². The average Bonchev–Trinajstić information content (AvgIpc) is 3.32. The number of nitrogens with zero attached hydrogens (tertiary/aromatic N) is 3. The molecule has 7 heteroatoms. The van der Waals surface area contributed by atoms with Crippen LogP contribution in [0.15, 0.2) is 60.1 Å². The quantitative estimate of drug-likeness (QED) is 0.588. The second-order valence-electron chi connectivity index (χ2n) is 5.91. The summed E-state index contributed by atoms with van der Waals surface area (Å²) in [7, 11) is 0.293. The SMILES string of the molecule is COc1ccnc(C[S@@](=O)c2nc3ccc(-n4cccc4)cc3[nH]2)c1C. The molecule has 0 fully saturated rings. The summed E-state index contributed by atoms with van der Waals surface area (Å²) in [6.07, 6.45) is 5.63. The van der Waals surface area contributed by atoms with Crippen molar-refractivity contribution < 1.29 is 8.95 Å². The maximum atomic E-state index is 12.8. The molecule has 132 valence electrons. The molecule has 0 radical (unpaired) electrons. The lowest BCUT2D eigenvalue weighted by molar-refractivity contribution is 0.410. The third-order valence-electron chi connectivity index (χ3n) is 4.31. The zero-order valence-corrected chi connectivity index (χ0v) is 15.3. The monoisotopic (exact) mass is 366 g/mol. The molecule has 0 aliphatic rings. The number of imidazole rings is 1. The number of rotatable bonds is 5. The zero-order chi connectivity index (χ0) is 18.1. The maximum Gasteiger partial charge on any atom is 0.197 e. The van der Waals surface area contributed by atoms with E-state index >= 15 is 0 Å². The lowest BCUT2D eigenvalue weighted by Gasteiger charge is -2.08. The van der Waals surface area contributed by atoms with Gasteiger partial charge in [0.2, 0.25) is 0 Å². The van der Waals surface area contributed by atoms with E-state index in [-0.39, 0.29) is 5.75 Å². The number of H-pyrrole nitrogens is 1. The average molecular weight is 366 g/mol. The molecule has 3 heterocycles. The van der Waals surface area contributed by atoms with Gasteiger partial charge in [0, 0.05) is 29.8 Å². The number of hydrogen-bond acceptors (Lipinski definition) is 4. The summed E-state index contributed by atoms with van der Waals surface area (Å²) >= 11 is 0. The fourth-order valence-corrected chi connectivity index (χ4v) is 3.97. The normalized spacial score (nSPS) is 12.4. The van der Waals surface area contributed by atoms with Crippen LogP contribution < -0.4 is 4.74 Å². The van der Waals surface area contributed by atoms with E-state index in [0.29, 0.717) is 5.16 Å². The molecule has 0 amide bonds. The van der Waals surface area contributed by atoms with Crippen molar-refractivity contribution in [3.05, 3.63) is 66.2 Å². The number of aromatic nitrogens is 4. The Kier molecular flexibility index (Phi) is 4.30. The Bertz CT molecular complexity index is 1090. The predicted octanol–water partition coefficient (Wildman–Crippen LogP) is 3.37. The second kappa shape index (κ2) is 6.76. The fraction of sp³-hybridized carbons (Fsp3) is 0.158. The van der Waals surface area contributed by atoms with Gasteiger partial charge >= 0.3 is 0 Å². The minimum absolute atomic E-state index is 0.285. The van der Waals surface area contributed by atoms with Crippen molar-refractivity contribution >= 4 is 21.8 Å². The molecular formula is C19H18N4O2S. The van der Waals surface area contributed by atoms with Crippen LogP contribution in [0.3, 0.4) is 0 Å². The van der Waals surface area contributed by atoms with E-state index < -0.39 is 10.8 Å². The van der Waals surface area contributed by atoms with Gasteiger partial charge in [-0.2, -0.15) is 0 Å². The van der Waals surface area contributed by atoms with Crippen LogP contribution in [-0.4, -0.2) is 30.8 Å². The van der Waals surface area contributed by atoms with Gasteiger partial charge in [-0.1, -0.05) is 0 Å². The van der Waals surface area contributed by atoms with Crippen molar-refractivity contribution in [1.82, 2.24) is 19.5 Å². The first kappa shape index (κ1) is 16.5. The Morgan fingerprint density at radius 2 is 2.04 bits per heavy atom. The lowest BCUT2D eigenvalue weighted by atomic mass is 10.2. The first-order chi connectivity index (χ1) is 12.7. The number of fused-ring (bicyclic) bond motifs is 1. The summed E-state index contributed by atoms with van der Waals surface area (Å²) in [6, 6.07) is 11.7. The van der Waals surface area contributed by atoms with Gasteiger partial charge in [-0.15, -0.1) is 0 Å². The highest BCUT2D eigenvalue weighted by molar-refractivity contribution is 7.84. The Morgan fingerprint density at radius 1 is 1.23 bits per heavy atom. The zero-order valence-electron chi connectivity index (χ0n) is 14.5. The van der Waals surface area contributed by atoms with E-state index in [4.69, 9.17) is 4.74 Å². The molecule has 4 rings (SSSR count). The van der Waals surface area contributed by atoms with Crippen LogP contribution in [0.5, 0.6) is 5.75 Å². The second-order valence-corrected chi connectivity index (χ2v) is 7.27. The summed E-state index contributed by atoms with van der Waals surface area (Å²) in [4.78, 5) is 12.0. The highest BCUT2D eigenvalue weighted by Gasteiger charge is 2.15. The molecule has 0 saturated heterocycles. The fourth-order valence-electron chi connectivity index (χ4n) is 2.87. The Hall–Kier alpha value is -2.93. The molecule has 0 bridgehead atoms. The predicted molar refractivity (Wildman–Crippen MR) is 101 cm³/mol. The van der Waals surface area contributed by atoms with Crippen LogP contribution in [0, 0.1) is 6.92 Å². The number of benzene rings is 1. The Labute approximate surface area is 153 Å². The molecule has 4 aromatic rings. The van der Waals surface area contributed by atoms with Gasteiger partial charge in [-0.05, 0) is 43.3 Å². The van der Waals surface area contributed by atoms with E-state index in [0.717, 1.165) is 33.7 Å². The molecule has 1 aromatic carbocycles. The number of aromatic amines is 1. The van der Waals surface area contributed by atoms with Crippen LogP contribution in [0.4, 0.5) is 0 Å². The molecule has 0 aliphatic heterocycles. The van der Waals surface area contributed by atoms with E-state index in [1.165, 1.54) is 0 Å². The van der Waals surface area contributed by atoms with Gasteiger partial charge in [0.1, 0.15) is 5.75 Å². The standard InChI is InChI=1S/C19H18N4O2S/c1-13-17(20-8-7-18(13)25-2)12-26(24)19-21-15-6-5-14(11-16(15)22-19)23-9-3-4-10-23/h3-11H,12H2,1-2H3,(H,21,22)/t26-/m1/s1. The number of ether oxygens (including phenoxy) is 1. The minimum atomic E-state index is -1.32. The highest BCUT2D eigenvalue weighted by atomic mass is 32.2. The van der Waals surface area contributed by atoms with Crippen molar-refractivity contribution in [1.29, 1.82) is 0 Å². The first-order valence-corrected chi connectivity index (χ1v) is 9.47. The molecule has 0 unspecified atom stereocenters. The largest absolute Gasteiger partial charge is 0.496 e. The number of pyridine rings is 1. The third-order valence-corrected chi connectivity index (χ3v) is 5.47. The Balaban J connectivity index is 1.63. The molecule has 0 aliphatic carbocycles. The Morgan fingerprint density at radius 3 is 2.81 bits per heavy atom. The molecule has 6 nitrogen and oxygen atoms in total. The van der Waals surface area contributed by atoms with Gasteiger partial charge in [-0.25, -0.2) is 4.98 Å². The molecular weight excluding hydrogens is 348 g/mol. The van der Waals surface area contributed by atoms with Crippen LogP contribution in [0.2, 0.25) is 0 Å². The van der Waals surface area contributed by atoms with Gasteiger partial charge in [0.05, 0.1) is 40.4 Å². The number of methoxy groups -OCH3 is 1. The first-order valence-electron chi connectivity index (χ1n) is 8.15. The van der Waals surface area contributed by atoms with E-state index in [9.17, 15) is 4.21 Å². The van der Waals surface area contributed by atoms with Gasteiger partial charge in [-0.3, -0.25) is 9.19 Å². The van der Waals surface area contributed by atoms with E-state index in [1.54, 1.807) is 19.4 Å². The summed E-state index contributed by atoms with van der Waals surface area (Å²) in [6.45, 7) is 1.92. The molecule has 1 N–H and O–H groups in total. The minimum Gasteiger partial charge on any atom is -0.496 e. The van der Waals surface area contributed by atoms with Gasteiger partial charge < -0.3 is 14.3 Å². The summed E-state index contributed by atoms with van der Waals surface area (Å²) in [5.41, 5.74) is 4.31. The number of nitrogens with one attached hydrogen (secondary N) is 1. The van der Waals surface area contributed by atoms with Crippen molar-refractivity contribution in [2.75, 3.05) is 7.11 Å². The van der Waals surface area contributed by atoms with Crippen LogP contribution in [0.1, 0.15) is 11.3 Å². The van der Waals surface area contributed by atoms with Crippen molar-refractivity contribution in [2.24, 2.45) is 0 Å². The van der Waals surface area contributed by atoms with Crippen LogP contribution >= 0.6 is 0 Å². The molecule has 3 aromatic heterocycles. The summed E-state index contributed by atoms with van der Waals surface area (Å²) < 4.78 is 20.1. The van der Waals surface area contributed by atoms with Crippen molar-refractivity contribution in [3.8, 4) is 11.4 Å². The smallest absolute Gasteiger partial charge is 0.197 e. The van der Waals surface area contributed by atoms with E-state index in [1.807, 2.05) is 54.2 Å². The maximum absolute atomic E-state index is 12.8. The van der Waals surface area contributed by atoms with Gasteiger partial charge in [0.15, 0.2) is 5.16 Å². The van der Waals surface area contributed by atoms with Crippen molar-refractivity contribution in [2.45, 2.75) is 17.8 Å². The third kappa shape index (κ3) is 3.01. The molecule has 1 atom stereocenters. The summed E-state index contributed by atoms with van der Waals surface area (Å²) in [5, 5.41) is 0.452. The van der Waals surface area contributed by atoms with Crippen molar-refractivity contribution in [3.63, 3.8) is 0 Å².